The zero-order valence-electron chi connectivity index (χ0n) is 23.9. The first-order chi connectivity index (χ1) is 20.1. The summed E-state index contributed by atoms with van der Waals surface area (Å²) in [5.74, 6) is -0.480. The van der Waals surface area contributed by atoms with E-state index in [0.717, 1.165) is 46.9 Å². The van der Waals surface area contributed by atoms with Gasteiger partial charge in [-0.1, -0.05) is 48.6 Å². The number of nitrogens with one attached hydrogen (secondary N) is 1. The number of alkyl halides is 3. The summed E-state index contributed by atoms with van der Waals surface area (Å²) in [6.45, 7) is 3.28. The van der Waals surface area contributed by atoms with Crippen LogP contribution >= 0.6 is 0 Å². The third-order valence-electron chi connectivity index (χ3n) is 7.49. The van der Waals surface area contributed by atoms with Crippen LogP contribution in [0.1, 0.15) is 32.6 Å². The maximum atomic E-state index is 14.0. The molecule has 1 aliphatic heterocycles. The van der Waals surface area contributed by atoms with Crippen molar-refractivity contribution in [3.05, 3.63) is 101 Å². The Bertz CT molecular complexity index is 1610. The van der Waals surface area contributed by atoms with E-state index < -0.39 is 17.6 Å². The van der Waals surface area contributed by atoms with Crippen molar-refractivity contribution < 1.29 is 18.0 Å². The van der Waals surface area contributed by atoms with Gasteiger partial charge in [-0.2, -0.15) is 13.2 Å². The van der Waals surface area contributed by atoms with Crippen molar-refractivity contribution in [1.82, 2.24) is 14.8 Å². The molecule has 6 nitrogen and oxygen atoms in total. The van der Waals surface area contributed by atoms with Crippen LogP contribution in [0.2, 0.25) is 0 Å². The Morgan fingerprint density at radius 3 is 2.48 bits per heavy atom. The van der Waals surface area contributed by atoms with Gasteiger partial charge >= 0.3 is 6.18 Å². The average molecular weight is 574 g/mol. The molecule has 42 heavy (non-hydrogen) atoms. The molecule has 1 N–H and O–H groups in total. The van der Waals surface area contributed by atoms with E-state index in [0.29, 0.717) is 18.7 Å². The molecule has 0 spiro atoms. The fourth-order valence-corrected chi connectivity index (χ4v) is 5.24. The molecule has 1 amide bonds. The lowest BCUT2D eigenvalue weighted by Gasteiger charge is -2.33. The summed E-state index contributed by atoms with van der Waals surface area (Å²) in [5.41, 5.74) is 3.56. The molecule has 0 radical (unpaired) electrons. The van der Waals surface area contributed by atoms with Gasteiger partial charge in [0.25, 0.3) is 5.91 Å². The topological polar surface area (TPSA) is 51.7 Å². The van der Waals surface area contributed by atoms with E-state index in [4.69, 9.17) is 0 Å². The van der Waals surface area contributed by atoms with Crippen LogP contribution in [0.15, 0.2) is 72.9 Å². The maximum absolute atomic E-state index is 14.0. The average Bonchev–Trinajstić information content (AvgIpc) is 2.97. The molecule has 3 aromatic carbocycles. The maximum Gasteiger partial charge on any atom is 0.416 e. The highest BCUT2D eigenvalue weighted by Gasteiger charge is 2.34. The monoisotopic (exact) mass is 573 g/mol. The largest absolute Gasteiger partial charge is 0.416 e. The van der Waals surface area contributed by atoms with E-state index in [-0.39, 0.29) is 17.8 Å². The molecule has 5 rings (SSSR count). The first-order valence-electron chi connectivity index (χ1n) is 13.8. The van der Waals surface area contributed by atoms with Crippen LogP contribution < -0.4 is 10.2 Å². The molecule has 1 aliphatic rings. The zero-order valence-corrected chi connectivity index (χ0v) is 23.9. The number of benzene rings is 3. The number of fused-ring (bicyclic) bond motifs is 1. The van der Waals surface area contributed by atoms with Crippen molar-refractivity contribution >= 4 is 40.3 Å². The number of amides is 1. The van der Waals surface area contributed by atoms with Gasteiger partial charge in [0.1, 0.15) is 0 Å². The van der Waals surface area contributed by atoms with E-state index in [1.807, 2.05) is 79.6 Å². The minimum absolute atomic E-state index is 0.105. The van der Waals surface area contributed by atoms with Crippen molar-refractivity contribution in [2.75, 3.05) is 57.5 Å². The SMILES string of the molecule is CN1CCN(Cc2ccc(NC(=O)c3cccc(/C=C/c4cnc5ccccc5c4N(C)C)c3)cc2C(F)(F)F)CC1. The van der Waals surface area contributed by atoms with Gasteiger partial charge in [0.2, 0.25) is 0 Å². The molecule has 0 unspecified atom stereocenters. The highest BCUT2D eigenvalue weighted by molar-refractivity contribution is 6.05. The van der Waals surface area contributed by atoms with E-state index in [2.05, 4.69) is 15.2 Å². The van der Waals surface area contributed by atoms with Gasteiger partial charge in [0, 0.05) is 75.2 Å². The van der Waals surface area contributed by atoms with Crippen LogP contribution in [-0.4, -0.2) is 68.0 Å². The quantitative estimate of drug-likeness (QED) is 0.274. The zero-order chi connectivity index (χ0) is 29.9. The molecule has 9 heteroatoms. The highest BCUT2D eigenvalue weighted by Crippen LogP contribution is 2.35. The summed E-state index contributed by atoms with van der Waals surface area (Å²) in [6, 6.07) is 18.9. The number of halogens is 3. The Morgan fingerprint density at radius 2 is 1.74 bits per heavy atom. The fourth-order valence-electron chi connectivity index (χ4n) is 5.24. The minimum atomic E-state index is -4.53. The van der Waals surface area contributed by atoms with Gasteiger partial charge in [-0.25, -0.2) is 0 Å². The van der Waals surface area contributed by atoms with Crippen molar-refractivity contribution in [3.63, 3.8) is 0 Å². The Hall–Kier alpha value is -4.21. The normalized spacial score (nSPS) is 14.9. The predicted octanol–water partition coefficient (Wildman–Crippen LogP) is 6.49. The molecule has 1 fully saturated rings. The molecule has 0 atom stereocenters. The number of carbonyl (C=O) groups excluding carboxylic acids is 1. The Labute approximate surface area is 244 Å². The van der Waals surface area contributed by atoms with Crippen molar-refractivity contribution in [2.24, 2.45) is 0 Å². The number of para-hydroxylation sites is 1. The van der Waals surface area contributed by atoms with Crippen LogP contribution in [-0.2, 0) is 12.7 Å². The Balaban J connectivity index is 1.34. The fraction of sp³-hybridized carbons (Fsp3) is 0.273. The standard InChI is InChI=1S/C33H34F3N5O/c1-39(2)31-25(21-37-30-10-5-4-9-28(30)31)12-11-23-7-6-8-24(19-23)32(42)38-27-14-13-26(29(20-27)33(34,35)36)22-41-17-15-40(3)16-18-41/h4-14,19-21H,15-18,22H2,1-3H3,(H,38,42)/b12-11+. The smallest absolute Gasteiger partial charge is 0.377 e. The highest BCUT2D eigenvalue weighted by atomic mass is 19.4. The van der Waals surface area contributed by atoms with Gasteiger partial charge < -0.3 is 15.1 Å². The molecule has 2 heterocycles. The van der Waals surface area contributed by atoms with Crippen molar-refractivity contribution in [3.8, 4) is 0 Å². The number of anilines is 2. The van der Waals surface area contributed by atoms with E-state index >= 15 is 0 Å². The summed E-state index contributed by atoms with van der Waals surface area (Å²) in [4.78, 5) is 23.9. The third kappa shape index (κ3) is 6.80. The second-order valence-electron chi connectivity index (χ2n) is 10.8. The minimum Gasteiger partial charge on any atom is -0.377 e. The molecular weight excluding hydrogens is 539 g/mol. The number of hydrogen-bond donors (Lipinski definition) is 1. The van der Waals surface area contributed by atoms with Crippen LogP contribution in [0.25, 0.3) is 23.1 Å². The Kier molecular flexibility index (Phi) is 8.61. The first-order valence-corrected chi connectivity index (χ1v) is 13.8. The first kappa shape index (κ1) is 29.3. The molecular formula is C33H34F3N5O. The third-order valence-corrected chi connectivity index (χ3v) is 7.49. The molecule has 4 aromatic rings. The van der Waals surface area contributed by atoms with Gasteiger partial charge in [0.05, 0.1) is 16.8 Å². The number of pyridine rings is 1. The number of aromatic nitrogens is 1. The van der Waals surface area contributed by atoms with Gasteiger partial charge in [-0.15, -0.1) is 0 Å². The van der Waals surface area contributed by atoms with E-state index in [1.165, 1.54) is 12.1 Å². The Morgan fingerprint density at radius 1 is 0.976 bits per heavy atom. The van der Waals surface area contributed by atoms with Gasteiger partial charge in [-0.3, -0.25) is 14.7 Å². The summed E-state index contributed by atoms with van der Waals surface area (Å²) in [7, 11) is 5.96. The second kappa shape index (κ2) is 12.3. The molecule has 0 bridgehead atoms. The number of hydrogen-bond acceptors (Lipinski definition) is 5. The molecule has 0 saturated carbocycles. The van der Waals surface area contributed by atoms with Crippen LogP contribution in [0.3, 0.4) is 0 Å². The number of rotatable bonds is 7. The van der Waals surface area contributed by atoms with Crippen LogP contribution in [0.4, 0.5) is 24.5 Å². The summed E-state index contributed by atoms with van der Waals surface area (Å²) < 4.78 is 42.0. The lowest BCUT2D eigenvalue weighted by Crippen LogP contribution is -2.44. The lowest BCUT2D eigenvalue weighted by molar-refractivity contribution is -0.138. The van der Waals surface area contributed by atoms with Crippen LogP contribution in [0, 0.1) is 0 Å². The van der Waals surface area contributed by atoms with Crippen molar-refractivity contribution in [2.45, 2.75) is 12.7 Å². The molecule has 218 valence electrons. The van der Waals surface area contributed by atoms with Crippen molar-refractivity contribution in [1.29, 1.82) is 0 Å². The second-order valence-corrected chi connectivity index (χ2v) is 10.8. The summed E-state index contributed by atoms with van der Waals surface area (Å²) >= 11 is 0. The van der Waals surface area contributed by atoms with E-state index in [1.54, 1.807) is 18.2 Å². The van der Waals surface area contributed by atoms with Gasteiger partial charge in [0.15, 0.2) is 0 Å². The molecule has 1 aromatic heterocycles. The van der Waals surface area contributed by atoms with Gasteiger partial charge in [-0.05, 0) is 48.5 Å². The number of nitrogens with zero attached hydrogens (tertiary/aromatic N) is 4. The molecule has 0 aliphatic carbocycles. The predicted molar refractivity (Wildman–Crippen MR) is 164 cm³/mol. The molecule has 1 saturated heterocycles. The number of likely N-dealkylation sites (N-methyl/N-ethyl adjacent to an activating group) is 1. The summed E-state index contributed by atoms with van der Waals surface area (Å²) in [6.07, 6.45) is 1.12. The summed E-state index contributed by atoms with van der Waals surface area (Å²) in [5, 5.41) is 3.69. The number of carbonyl (C=O) groups is 1. The van der Waals surface area contributed by atoms with Crippen LogP contribution in [0.5, 0.6) is 0 Å². The van der Waals surface area contributed by atoms with E-state index in [9.17, 15) is 18.0 Å². The number of piperazine rings is 1. The lowest BCUT2D eigenvalue weighted by atomic mass is 10.0.